The quantitative estimate of drug-likeness (QED) is 0.771. The first-order valence-corrected chi connectivity index (χ1v) is 6.47. The number of amides is 1. The molecule has 1 heterocycles. The number of nitrogens with zero attached hydrogens (tertiary/aromatic N) is 1. The van der Waals surface area contributed by atoms with Gasteiger partial charge in [0.25, 0.3) is 0 Å². The van der Waals surface area contributed by atoms with Crippen LogP contribution in [0.15, 0.2) is 24.5 Å². The summed E-state index contributed by atoms with van der Waals surface area (Å²) in [7, 11) is 0. The number of aliphatic hydroxyl groups excluding tert-OH is 1. The fraction of sp³-hybridized carbons (Fsp3) is 0.571. The molecule has 1 aromatic heterocycles. The van der Waals surface area contributed by atoms with Gasteiger partial charge in [-0.15, -0.1) is 0 Å². The largest absolute Gasteiger partial charge is 0.391 e. The van der Waals surface area contributed by atoms with E-state index in [0.717, 1.165) is 12.0 Å². The van der Waals surface area contributed by atoms with Crippen molar-refractivity contribution in [1.82, 2.24) is 10.3 Å². The van der Waals surface area contributed by atoms with Crippen molar-refractivity contribution in [3.8, 4) is 0 Å². The van der Waals surface area contributed by atoms with E-state index in [1.807, 2.05) is 26.0 Å². The van der Waals surface area contributed by atoms with E-state index in [0.29, 0.717) is 19.4 Å². The van der Waals surface area contributed by atoms with Crippen LogP contribution in [0.3, 0.4) is 0 Å². The number of hydrogen-bond donors (Lipinski definition) is 2. The Kier molecular flexibility index (Phi) is 6.36. The van der Waals surface area contributed by atoms with Gasteiger partial charge < -0.3 is 10.4 Å². The lowest BCUT2D eigenvalue weighted by atomic mass is 10.0. The molecule has 0 saturated heterocycles. The minimum atomic E-state index is -0.458. The Balaban J connectivity index is 2.22. The zero-order valence-corrected chi connectivity index (χ0v) is 11.1. The number of nitrogens with one attached hydrogen (secondary N) is 1. The Hall–Kier alpha value is -1.42. The molecule has 2 N–H and O–H groups in total. The summed E-state index contributed by atoms with van der Waals surface area (Å²) in [6.45, 7) is 4.34. The second-order valence-corrected chi connectivity index (χ2v) is 4.61. The molecule has 0 aliphatic heterocycles. The normalized spacial score (nSPS) is 13.9. The molecule has 18 heavy (non-hydrogen) atoms. The average molecular weight is 250 g/mol. The molecule has 1 amide bonds. The van der Waals surface area contributed by atoms with E-state index < -0.39 is 6.10 Å². The highest BCUT2D eigenvalue weighted by atomic mass is 16.3. The van der Waals surface area contributed by atoms with E-state index in [-0.39, 0.29) is 11.8 Å². The van der Waals surface area contributed by atoms with E-state index in [4.69, 9.17) is 0 Å². The highest BCUT2D eigenvalue weighted by Gasteiger charge is 2.13. The monoisotopic (exact) mass is 250 g/mol. The number of pyridine rings is 1. The van der Waals surface area contributed by atoms with Crippen molar-refractivity contribution in [2.24, 2.45) is 5.92 Å². The predicted octanol–water partition coefficient (Wildman–Crippen LogP) is 1.54. The van der Waals surface area contributed by atoms with Crippen LogP contribution in [0.25, 0.3) is 0 Å². The summed E-state index contributed by atoms with van der Waals surface area (Å²) < 4.78 is 0. The average Bonchev–Trinajstić information content (AvgIpc) is 2.42. The van der Waals surface area contributed by atoms with E-state index in [2.05, 4.69) is 10.3 Å². The molecule has 1 aromatic rings. The fourth-order valence-electron chi connectivity index (χ4n) is 1.59. The minimum Gasteiger partial charge on any atom is -0.391 e. The van der Waals surface area contributed by atoms with Crippen molar-refractivity contribution in [3.05, 3.63) is 30.1 Å². The van der Waals surface area contributed by atoms with Gasteiger partial charge in [-0.2, -0.15) is 0 Å². The molecule has 4 nitrogen and oxygen atoms in total. The fourth-order valence-corrected chi connectivity index (χ4v) is 1.59. The molecular weight excluding hydrogens is 228 g/mol. The molecule has 0 spiro atoms. The molecule has 0 aromatic carbocycles. The summed E-state index contributed by atoms with van der Waals surface area (Å²) in [5, 5.41) is 12.5. The lowest BCUT2D eigenvalue weighted by Gasteiger charge is -2.17. The van der Waals surface area contributed by atoms with Crippen LogP contribution in [0.4, 0.5) is 0 Å². The third-order valence-corrected chi connectivity index (χ3v) is 3.20. The van der Waals surface area contributed by atoms with Crippen LogP contribution < -0.4 is 5.32 Å². The Morgan fingerprint density at radius 3 is 2.72 bits per heavy atom. The number of aryl methyl sites for hydroxylation is 1. The van der Waals surface area contributed by atoms with Gasteiger partial charge in [0.15, 0.2) is 0 Å². The molecule has 0 saturated carbocycles. The number of carbonyl (C=O) groups is 1. The SMILES string of the molecule is CCC(C)C(O)CNC(=O)CCc1ccncc1. The Morgan fingerprint density at radius 1 is 1.44 bits per heavy atom. The first kappa shape index (κ1) is 14.6. The lowest BCUT2D eigenvalue weighted by molar-refractivity contribution is -0.121. The van der Waals surface area contributed by atoms with Gasteiger partial charge in [0.05, 0.1) is 6.10 Å². The summed E-state index contributed by atoms with van der Waals surface area (Å²) >= 11 is 0. The summed E-state index contributed by atoms with van der Waals surface area (Å²) in [4.78, 5) is 15.5. The summed E-state index contributed by atoms with van der Waals surface area (Å²) in [5.41, 5.74) is 1.10. The van der Waals surface area contributed by atoms with Crippen molar-refractivity contribution in [2.75, 3.05) is 6.54 Å². The molecular formula is C14H22N2O2. The van der Waals surface area contributed by atoms with Gasteiger partial charge in [-0.3, -0.25) is 9.78 Å². The number of carbonyl (C=O) groups excluding carboxylic acids is 1. The van der Waals surface area contributed by atoms with Gasteiger partial charge in [-0.25, -0.2) is 0 Å². The third-order valence-electron chi connectivity index (χ3n) is 3.20. The zero-order chi connectivity index (χ0) is 13.4. The maximum Gasteiger partial charge on any atom is 0.220 e. The summed E-state index contributed by atoms with van der Waals surface area (Å²) in [6, 6.07) is 3.81. The van der Waals surface area contributed by atoms with Crippen LogP contribution in [0.2, 0.25) is 0 Å². The lowest BCUT2D eigenvalue weighted by Crippen LogP contribution is -2.35. The van der Waals surface area contributed by atoms with E-state index >= 15 is 0 Å². The highest BCUT2D eigenvalue weighted by molar-refractivity contribution is 5.76. The minimum absolute atomic E-state index is 0.0193. The molecule has 0 fully saturated rings. The zero-order valence-electron chi connectivity index (χ0n) is 11.1. The van der Waals surface area contributed by atoms with Crippen molar-refractivity contribution in [2.45, 2.75) is 39.2 Å². The topological polar surface area (TPSA) is 62.2 Å². The number of rotatable bonds is 7. The van der Waals surface area contributed by atoms with Crippen molar-refractivity contribution in [1.29, 1.82) is 0 Å². The summed E-state index contributed by atoms with van der Waals surface area (Å²) in [6.07, 6.45) is 5.04. The van der Waals surface area contributed by atoms with Gasteiger partial charge in [0.1, 0.15) is 0 Å². The molecule has 1 rings (SSSR count). The number of hydrogen-bond acceptors (Lipinski definition) is 3. The molecule has 2 atom stereocenters. The molecule has 2 unspecified atom stereocenters. The predicted molar refractivity (Wildman–Crippen MR) is 71.0 cm³/mol. The van der Waals surface area contributed by atoms with Crippen LogP contribution in [0.1, 0.15) is 32.3 Å². The smallest absolute Gasteiger partial charge is 0.220 e. The van der Waals surface area contributed by atoms with Gasteiger partial charge in [-0.05, 0) is 30.0 Å². The first-order chi connectivity index (χ1) is 8.63. The van der Waals surface area contributed by atoms with Crippen LogP contribution in [0, 0.1) is 5.92 Å². The van der Waals surface area contributed by atoms with Gasteiger partial charge in [0, 0.05) is 25.4 Å². The summed E-state index contributed by atoms with van der Waals surface area (Å²) in [5.74, 6) is 0.194. The van der Waals surface area contributed by atoms with Crippen molar-refractivity contribution < 1.29 is 9.90 Å². The second kappa shape index (κ2) is 7.82. The first-order valence-electron chi connectivity index (χ1n) is 6.47. The molecule has 0 radical (unpaired) electrons. The van der Waals surface area contributed by atoms with Gasteiger partial charge in [0.2, 0.25) is 5.91 Å². The second-order valence-electron chi connectivity index (χ2n) is 4.61. The van der Waals surface area contributed by atoms with Crippen molar-refractivity contribution in [3.63, 3.8) is 0 Å². The molecule has 0 bridgehead atoms. The van der Waals surface area contributed by atoms with Crippen LogP contribution >= 0.6 is 0 Å². The standard InChI is InChI=1S/C14H22N2O2/c1-3-11(2)13(17)10-16-14(18)5-4-12-6-8-15-9-7-12/h6-9,11,13,17H,3-5,10H2,1-2H3,(H,16,18). The maximum absolute atomic E-state index is 11.6. The van der Waals surface area contributed by atoms with E-state index in [1.165, 1.54) is 0 Å². The van der Waals surface area contributed by atoms with Gasteiger partial charge >= 0.3 is 0 Å². The van der Waals surface area contributed by atoms with Crippen LogP contribution in [0.5, 0.6) is 0 Å². The Labute approximate surface area is 108 Å². The highest BCUT2D eigenvalue weighted by Crippen LogP contribution is 2.06. The number of aliphatic hydroxyl groups is 1. The van der Waals surface area contributed by atoms with E-state index in [9.17, 15) is 9.90 Å². The molecule has 4 heteroatoms. The van der Waals surface area contributed by atoms with Crippen LogP contribution in [-0.2, 0) is 11.2 Å². The maximum atomic E-state index is 11.6. The Bertz CT molecular complexity index is 354. The molecule has 100 valence electrons. The Morgan fingerprint density at radius 2 is 2.11 bits per heavy atom. The number of aromatic nitrogens is 1. The van der Waals surface area contributed by atoms with Crippen LogP contribution in [-0.4, -0.2) is 28.6 Å². The van der Waals surface area contributed by atoms with Gasteiger partial charge in [-0.1, -0.05) is 20.3 Å². The van der Waals surface area contributed by atoms with E-state index in [1.54, 1.807) is 12.4 Å². The molecule has 0 aliphatic rings. The van der Waals surface area contributed by atoms with Crippen molar-refractivity contribution >= 4 is 5.91 Å². The molecule has 0 aliphatic carbocycles. The third kappa shape index (κ3) is 5.27.